The highest BCUT2D eigenvalue weighted by Crippen LogP contribution is 2.17. The maximum absolute atomic E-state index is 12.6. The van der Waals surface area contributed by atoms with Crippen LogP contribution in [0.2, 0.25) is 0 Å². The van der Waals surface area contributed by atoms with Crippen LogP contribution in [0.25, 0.3) is 5.65 Å². The molecular formula is C20H25N5O5S. The third kappa shape index (κ3) is 5.19. The molecule has 11 heteroatoms. The Balaban J connectivity index is 1.72. The molecule has 0 aliphatic heterocycles. The highest BCUT2D eigenvalue weighted by atomic mass is 32.2. The van der Waals surface area contributed by atoms with E-state index in [4.69, 9.17) is 4.74 Å². The van der Waals surface area contributed by atoms with Crippen molar-refractivity contribution in [3.8, 4) is 0 Å². The summed E-state index contributed by atoms with van der Waals surface area (Å²) in [5.41, 5.74) is 2.77. The third-order valence-electron chi connectivity index (χ3n) is 4.76. The van der Waals surface area contributed by atoms with Crippen molar-refractivity contribution >= 4 is 27.3 Å². The lowest BCUT2D eigenvalue weighted by atomic mass is 10.1. The molecule has 3 aromatic rings. The van der Waals surface area contributed by atoms with E-state index in [2.05, 4.69) is 20.1 Å². The summed E-state index contributed by atoms with van der Waals surface area (Å²) in [7, 11) is -2.19. The molecule has 0 bridgehead atoms. The van der Waals surface area contributed by atoms with Crippen LogP contribution in [0.1, 0.15) is 23.9 Å². The lowest BCUT2D eigenvalue weighted by molar-refractivity contribution is -0.115. The van der Waals surface area contributed by atoms with Crippen LogP contribution in [0, 0.1) is 13.8 Å². The number of carbonyl (C=O) groups is 1. The number of aromatic nitrogens is 3. The molecule has 0 spiro atoms. The molecule has 3 N–H and O–H groups in total. The van der Waals surface area contributed by atoms with E-state index < -0.39 is 10.0 Å². The van der Waals surface area contributed by atoms with Crippen molar-refractivity contribution in [1.82, 2.24) is 19.3 Å². The number of aromatic amines is 1. The second kappa shape index (κ2) is 9.00. The smallest absolute Gasteiger partial charge is 0.266 e. The Hall–Kier alpha value is -3.02. The van der Waals surface area contributed by atoms with Gasteiger partial charge >= 0.3 is 0 Å². The fraction of sp³-hybridized carbons (Fsp3) is 0.350. The Morgan fingerprint density at radius 3 is 2.58 bits per heavy atom. The summed E-state index contributed by atoms with van der Waals surface area (Å²) in [6, 6.07) is 6.92. The molecule has 0 fully saturated rings. The molecule has 1 unspecified atom stereocenters. The van der Waals surface area contributed by atoms with Crippen LogP contribution in [0.4, 0.5) is 5.69 Å². The van der Waals surface area contributed by atoms with Gasteiger partial charge in [-0.25, -0.2) is 22.6 Å². The Morgan fingerprint density at radius 1 is 1.26 bits per heavy atom. The summed E-state index contributed by atoms with van der Waals surface area (Å²) >= 11 is 0. The first-order valence-electron chi connectivity index (χ1n) is 9.59. The Bertz CT molecular complexity index is 1260. The number of methoxy groups -OCH3 is 1. The van der Waals surface area contributed by atoms with Crippen LogP contribution < -0.4 is 15.6 Å². The van der Waals surface area contributed by atoms with Crippen molar-refractivity contribution in [2.45, 2.75) is 38.1 Å². The maximum Gasteiger partial charge on any atom is 0.266 e. The molecule has 0 saturated heterocycles. The number of amides is 1. The van der Waals surface area contributed by atoms with E-state index >= 15 is 0 Å². The molecule has 0 saturated carbocycles. The van der Waals surface area contributed by atoms with Gasteiger partial charge in [-0.3, -0.25) is 14.7 Å². The number of carbonyl (C=O) groups excluding carboxylic acids is 1. The summed E-state index contributed by atoms with van der Waals surface area (Å²) in [5.74, 6) is -0.288. The summed E-state index contributed by atoms with van der Waals surface area (Å²) in [6.07, 6.45) is 0.0525. The zero-order valence-corrected chi connectivity index (χ0v) is 18.5. The van der Waals surface area contributed by atoms with Gasteiger partial charge in [-0.1, -0.05) is 0 Å². The normalized spacial score (nSPS) is 12.8. The number of hydrogen-bond donors (Lipinski definition) is 3. The van der Waals surface area contributed by atoms with E-state index in [-0.39, 0.29) is 35.4 Å². The lowest BCUT2D eigenvalue weighted by Gasteiger charge is -2.14. The number of aryl methyl sites for hydroxylation is 2. The predicted octanol–water partition coefficient (Wildman–Crippen LogP) is 1.13. The molecule has 31 heavy (non-hydrogen) atoms. The summed E-state index contributed by atoms with van der Waals surface area (Å²) in [5, 5.41) is 5.41. The lowest BCUT2D eigenvalue weighted by Crippen LogP contribution is -2.35. The van der Waals surface area contributed by atoms with Crippen molar-refractivity contribution in [2.24, 2.45) is 0 Å². The van der Waals surface area contributed by atoms with Gasteiger partial charge in [-0.15, -0.1) is 0 Å². The van der Waals surface area contributed by atoms with Gasteiger partial charge in [-0.2, -0.15) is 0 Å². The van der Waals surface area contributed by atoms with Gasteiger partial charge in [0, 0.05) is 41.9 Å². The average molecular weight is 448 g/mol. The maximum atomic E-state index is 12.6. The van der Waals surface area contributed by atoms with Crippen LogP contribution in [0.15, 0.2) is 40.0 Å². The average Bonchev–Trinajstić information content (AvgIpc) is 3.05. The van der Waals surface area contributed by atoms with E-state index in [9.17, 15) is 18.0 Å². The zero-order valence-electron chi connectivity index (χ0n) is 17.7. The van der Waals surface area contributed by atoms with Crippen LogP contribution in [0.3, 0.4) is 0 Å². The van der Waals surface area contributed by atoms with Crippen molar-refractivity contribution in [1.29, 1.82) is 0 Å². The van der Waals surface area contributed by atoms with Crippen molar-refractivity contribution in [3.63, 3.8) is 0 Å². The van der Waals surface area contributed by atoms with E-state index in [1.54, 1.807) is 25.3 Å². The second-order valence-electron chi connectivity index (χ2n) is 7.30. The van der Waals surface area contributed by atoms with E-state index in [0.717, 1.165) is 5.69 Å². The molecule has 0 radical (unpaired) electrons. The molecule has 2 aromatic heterocycles. The number of nitrogens with one attached hydrogen (secondary N) is 3. The number of H-pyrrole nitrogens is 1. The minimum Gasteiger partial charge on any atom is -0.383 e. The number of ether oxygens (including phenoxy) is 1. The highest BCUT2D eigenvalue weighted by Gasteiger charge is 2.18. The molecule has 0 aliphatic rings. The first-order chi connectivity index (χ1) is 14.6. The van der Waals surface area contributed by atoms with E-state index in [1.807, 2.05) is 0 Å². The van der Waals surface area contributed by atoms with Crippen LogP contribution in [-0.4, -0.2) is 48.7 Å². The fourth-order valence-electron chi connectivity index (χ4n) is 3.31. The fourth-order valence-corrected chi connectivity index (χ4v) is 4.54. The first-order valence-corrected chi connectivity index (χ1v) is 11.1. The second-order valence-corrected chi connectivity index (χ2v) is 9.02. The summed E-state index contributed by atoms with van der Waals surface area (Å²) < 4.78 is 33.8. The zero-order chi connectivity index (χ0) is 22.8. The van der Waals surface area contributed by atoms with Gasteiger partial charge in [0.2, 0.25) is 15.9 Å². The standard InChI is InChI=1S/C20H25N5O5S/c1-12(11-30-4)24-31(28,29)16-7-5-15(6-8-16)22-19(26)9-17-13(2)21-18-10-20(27)23-25(18)14(17)3/h5-8,10,12,24H,9,11H2,1-4H3,(H,22,26)(H,23,27). The molecule has 1 amide bonds. The highest BCUT2D eigenvalue weighted by molar-refractivity contribution is 7.89. The number of nitrogens with zero attached hydrogens (tertiary/aromatic N) is 2. The van der Waals surface area contributed by atoms with Crippen molar-refractivity contribution < 1.29 is 17.9 Å². The van der Waals surface area contributed by atoms with Gasteiger partial charge in [0.05, 0.1) is 17.9 Å². The number of rotatable bonds is 8. The van der Waals surface area contributed by atoms with E-state index in [0.29, 0.717) is 22.6 Å². The van der Waals surface area contributed by atoms with Crippen LogP contribution >= 0.6 is 0 Å². The van der Waals surface area contributed by atoms with Gasteiger partial charge < -0.3 is 10.1 Å². The van der Waals surface area contributed by atoms with Gasteiger partial charge in [0.15, 0.2) is 5.65 Å². The number of sulfonamides is 1. The molecule has 1 aromatic carbocycles. The topological polar surface area (TPSA) is 135 Å². The Morgan fingerprint density at radius 2 is 1.94 bits per heavy atom. The molecule has 0 aliphatic carbocycles. The minimum absolute atomic E-state index is 0.0525. The number of anilines is 1. The van der Waals surface area contributed by atoms with Gasteiger partial charge in [0.25, 0.3) is 5.56 Å². The molecule has 1 atom stereocenters. The quantitative estimate of drug-likeness (QED) is 0.474. The van der Waals surface area contributed by atoms with E-state index in [1.165, 1.54) is 37.4 Å². The molecule has 10 nitrogen and oxygen atoms in total. The Kier molecular flexibility index (Phi) is 6.58. The number of hydrogen-bond acceptors (Lipinski definition) is 6. The third-order valence-corrected chi connectivity index (χ3v) is 6.37. The number of benzene rings is 1. The molecular weight excluding hydrogens is 422 g/mol. The largest absolute Gasteiger partial charge is 0.383 e. The molecule has 2 heterocycles. The summed E-state index contributed by atoms with van der Waals surface area (Å²) in [4.78, 5) is 28.6. The summed E-state index contributed by atoms with van der Waals surface area (Å²) in [6.45, 7) is 5.54. The first kappa shape index (κ1) is 22.7. The van der Waals surface area contributed by atoms with Crippen molar-refractivity contribution in [3.05, 3.63) is 57.6 Å². The number of fused-ring (bicyclic) bond motifs is 1. The minimum atomic E-state index is -3.69. The van der Waals surface area contributed by atoms with Crippen LogP contribution in [0.5, 0.6) is 0 Å². The molecule has 3 rings (SSSR count). The van der Waals surface area contributed by atoms with Gasteiger partial charge in [-0.05, 0) is 45.0 Å². The SMILES string of the molecule is COCC(C)NS(=O)(=O)c1ccc(NC(=O)Cc2c(C)nc3cc(=O)[nH]n3c2C)cc1. The van der Waals surface area contributed by atoms with Crippen LogP contribution in [-0.2, 0) is 26.0 Å². The molecule has 166 valence electrons. The van der Waals surface area contributed by atoms with Crippen molar-refractivity contribution in [2.75, 3.05) is 19.0 Å². The Labute approximate surface area is 179 Å². The van der Waals surface area contributed by atoms with Gasteiger partial charge in [0.1, 0.15) is 0 Å². The monoisotopic (exact) mass is 447 g/mol. The predicted molar refractivity (Wildman–Crippen MR) is 116 cm³/mol.